The number of thiophene rings is 1. The fraction of sp³-hybridized carbons (Fsp3) is 0.500. The summed E-state index contributed by atoms with van der Waals surface area (Å²) < 4.78 is 6.60. The normalized spacial score (nSPS) is 22.7. The first-order valence-corrected chi connectivity index (χ1v) is 11.0. The minimum absolute atomic E-state index is 0.0396. The van der Waals surface area contributed by atoms with Gasteiger partial charge in [0.05, 0.1) is 11.0 Å². The number of likely N-dealkylation sites (tertiary alicyclic amines) is 1. The van der Waals surface area contributed by atoms with Gasteiger partial charge in [-0.3, -0.25) is 14.4 Å². The van der Waals surface area contributed by atoms with Gasteiger partial charge in [0.2, 0.25) is 5.91 Å². The van der Waals surface area contributed by atoms with Gasteiger partial charge in [0, 0.05) is 11.2 Å². The SMILES string of the molecule is CC(C)CC(NC(=O)c1cc2ccccc2s1)C(=O)N1CCCC2OCC(=O)C21. The first-order chi connectivity index (χ1) is 13.9. The molecule has 0 aliphatic carbocycles. The van der Waals surface area contributed by atoms with Crippen LogP contribution in [-0.4, -0.2) is 53.8 Å². The molecule has 7 heteroatoms. The maximum Gasteiger partial charge on any atom is 0.262 e. The maximum atomic E-state index is 13.4. The number of amides is 2. The fourth-order valence-electron chi connectivity index (χ4n) is 4.25. The Labute approximate surface area is 174 Å². The zero-order chi connectivity index (χ0) is 20.5. The molecule has 2 amide bonds. The number of carbonyl (C=O) groups excluding carboxylic acids is 3. The molecule has 1 aromatic carbocycles. The highest BCUT2D eigenvalue weighted by Gasteiger charge is 2.45. The number of fused-ring (bicyclic) bond motifs is 2. The molecule has 0 bridgehead atoms. The molecule has 3 unspecified atom stereocenters. The summed E-state index contributed by atoms with van der Waals surface area (Å²) in [5.41, 5.74) is 0. The van der Waals surface area contributed by atoms with Crippen molar-refractivity contribution in [2.45, 2.75) is 51.3 Å². The molecule has 0 spiro atoms. The van der Waals surface area contributed by atoms with Crippen LogP contribution in [0.2, 0.25) is 0 Å². The minimum atomic E-state index is -0.653. The van der Waals surface area contributed by atoms with Crippen LogP contribution in [0.5, 0.6) is 0 Å². The summed E-state index contributed by atoms with van der Waals surface area (Å²) in [5, 5.41) is 3.96. The Morgan fingerprint density at radius 1 is 1.31 bits per heavy atom. The van der Waals surface area contributed by atoms with Crippen LogP contribution >= 0.6 is 11.3 Å². The molecule has 2 saturated heterocycles. The first kappa shape index (κ1) is 20.0. The van der Waals surface area contributed by atoms with E-state index in [4.69, 9.17) is 4.74 Å². The van der Waals surface area contributed by atoms with E-state index < -0.39 is 12.1 Å². The van der Waals surface area contributed by atoms with Crippen LogP contribution in [0.1, 0.15) is 42.8 Å². The molecule has 2 fully saturated rings. The van der Waals surface area contributed by atoms with Crippen molar-refractivity contribution in [1.82, 2.24) is 10.2 Å². The largest absolute Gasteiger partial charge is 0.368 e. The number of ether oxygens (including phenoxy) is 1. The zero-order valence-corrected chi connectivity index (χ0v) is 17.5. The molecule has 2 aliphatic rings. The van der Waals surface area contributed by atoms with Gasteiger partial charge in [-0.1, -0.05) is 32.0 Å². The van der Waals surface area contributed by atoms with Crippen LogP contribution in [0.3, 0.4) is 0 Å². The van der Waals surface area contributed by atoms with E-state index >= 15 is 0 Å². The fourth-order valence-corrected chi connectivity index (χ4v) is 5.22. The third kappa shape index (κ3) is 4.07. The predicted octanol–water partition coefficient (Wildman–Crippen LogP) is 3.00. The Balaban J connectivity index is 1.54. The summed E-state index contributed by atoms with van der Waals surface area (Å²) in [6.45, 7) is 4.65. The lowest BCUT2D eigenvalue weighted by Gasteiger charge is -2.37. The number of nitrogens with zero attached hydrogens (tertiary/aromatic N) is 1. The van der Waals surface area contributed by atoms with E-state index in [1.54, 1.807) is 4.90 Å². The molecule has 29 heavy (non-hydrogen) atoms. The van der Waals surface area contributed by atoms with Crippen LogP contribution in [0, 0.1) is 5.92 Å². The number of hydrogen-bond donors (Lipinski definition) is 1. The third-order valence-corrected chi connectivity index (χ3v) is 6.70. The number of Topliss-reactive ketones (excluding diaryl/α,β-unsaturated/α-hetero) is 1. The number of benzene rings is 1. The molecule has 4 rings (SSSR count). The monoisotopic (exact) mass is 414 g/mol. The molecule has 1 N–H and O–H groups in total. The molecule has 3 heterocycles. The van der Waals surface area contributed by atoms with Gasteiger partial charge in [-0.05, 0) is 42.7 Å². The number of nitrogens with one attached hydrogen (secondary N) is 1. The highest BCUT2D eigenvalue weighted by Crippen LogP contribution is 2.28. The second kappa shape index (κ2) is 8.24. The molecular weight excluding hydrogens is 388 g/mol. The van der Waals surface area contributed by atoms with Crippen LogP contribution in [0.15, 0.2) is 30.3 Å². The van der Waals surface area contributed by atoms with Crippen LogP contribution < -0.4 is 5.32 Å². The van der Waals surface area contributed by atoms with Crippen molar-refractivity contribution in [1.29, 1.82) is 0 Å². The van der Waals surface area contributed by atoms with Crippen molar-refractivity contribution in [3.63, 3.8) is 0 Å². The molecular formula is C22H26N2O4S. The van der Waals surface area contributed by atoms with E-state index in [0.717, 1.165) is 22.9 Å². The first-order valence-electron chi connectivity index (χ1n) is 10.2. The Kier molecular flexibility index (Phi) is 5.69. The van der Waals surface area contributed by atoms with E-state index in [9.17, 15) is 14.4 Å². The lowest BCUT2D eigenvalue weighted by Crippen LogP contribution is -2.58. The third-order valence-electron chi connectivity index (χ3n) is 5.59. The summed E-state index contributed by atoms with van der Waals surface area (Å²) in [6, 6.07) is 8.53. The summed E-state index contributed by atoms with van der Waals surface area (Å²) in [5.74, 6) is -0.237. The van der Waals surface area contributed by atoms with Gasteiger partial charge in [-0.25, -0.2) is 0 Å². The van der Waals surface area contributed by atoms with Crippen molar-refractivity contribution in [3.8, 4) is 0 Å². The molecule has 0 radical (unpaired) electrons. The minimum Gasteiger partial charge on any atom is -0.368 e. The van der Waals surface area contributed by atoms with Crippen LogP contribution in [0.4, 0.5) is 0 Å². The number of hydrogen-bond acceptors (Lipinski definition) is 5. The average molecular weight is 415 g/mol. The van der Waals surface area contributed by atoms with Gasteiger partial charge >= 0.3 is 0 Å². The molecule has 6 nitrogen and oxygen atoms in total. The van der Waals surface area contributed by atoms with Gasteiger partial charge in [0.25, 0.3) is 5.91 Å². The highest BCUT2D eigenvalue weighted by atomic mass is 32.1. The van der Waals surface area contributed by atoms with Crippen LogP contribution in [0.25, 0.3) is 10.1 Å². The Hall–Kier alpha value is -2.25. The van der Waals surface area contributed by atoms with Gasteiger partial charge in [-0.15, -0.1) is 11.3 Å². The molecule has 0 saturated carbocycles. The lowest BCUT2D eigenvalue weighted by atomic mass is 9.95. The Morgan fingerprint density at radius 3 is 2.86 bits per heavy atom. The van der Waals surface area contributed by atoms with E-state index in [-0.39, 0.29) is 36.2 Å². The number of rotatable bonds is 5. The van der Waals surface area contributed by atoms with Crippen molar-refractivity contribution < 1.29 is 19.1 Å². The topological polar surface area (TPSA) is 75.7 Å². The van der Waals surface area contributed by atoms with Gasteiger partial charge in [-0.2, -0.15) is 0 Å². The molecule has 2 aliphatic heterocycles. The Bertz CT molecular complexity index is 905. The summed E-state index contributed by atoms with van der Waals surface area (Å²) in [4.78, 5) is 40.8. The summed E-state index contributed by atoms with van der Waals surface area (Å²) >= 11 is 1.42. The van der Waals surface area contributed by atoms with Crippen molar-refractivity contribution in [2.24, 2.45) is 5.92 Å². The lowest BCUT2D eigenvalue weighted by molar-refractivity contribution is -0.142. The summed E-state index contributed by atoms with van der Waals surface area (Å²) in [6.07, 6.45) is 1.92. The second-order valence-electron chi connectivity index (χ2n) is 8.24. The molecule has 3 atom stereocenters. The number of ketones is 1. The average Bonchev–Trinajstić information content (AvgIpc) is 3.30. The molecule has 2 aromatic rings. The van der Waals surface area contributed by atoms with Crippen molar-refractivity contribution in [3.05, 3.63) is 35.2 Å². The maximum absolute atomic E-state index is 13.4. The van der Waals surface area contributed by atoms with E-state index in [2.05, 4.69) is 5.32 Å². The van der Waals surface area contributed by atoms with E-state index in [1.165, 1.54) is 11.3 Å². The standard InChI is InChI=1S/C22H26N2O4S/c1-13(2)10-15(22(27)24-9-5-7-17-20(24)16(25)12-28-17)23-21(26)19-11-14-6-3-4-8-18(14)29-19/h3-4,6,8,11,13,15,17,20H,5,7,9-10,12H2,1-2H3,(H,23,26). The van der Waals surface area contributed by atoms with Gasteiger partial charge < -0.3 is 15.0 Å². The Morgan fingerprint density at radius 2 is 2.10 bits per heavy atom. The van der Waals surface area contributed by atoms with Crippen molar-refractivity contribution >= 4 is 39.0 Å². The van der Waals surface area contributed by atoms with Crippen LogP contribution in [-0.2, 0) is 14.3 Å². The van der Waals surface area contributed by atoms with Gasteiger partial charge in [0.1, 0.15) is 18.7 Å². The van der Waals surface area contributed by atoms with E-state index in [0.29, 0.717) is 17.8 Å². The molecule has 154 valence electrons. The van der Waals surface area contributed by atoms with E-state index in [1.807, 2.05) is 44.2 Å². The van der Waals surface area contributed by atoms with Gasteiger partial charge in [0.15, 0.2) is 5.78 Å². The highest BCUT2D eigenvalue weighted by molar-refractivity contribution is 7.20. The quantitative estimate of drug-likeness (QED) is 0.816. The smallest absolute Gasteiger partial charge is 0.262 e. The number of piperidine rings is 1. The number of carbonyl (C=O) groups is 3. The van der Waals surface area contributed by atoms with Crippen molar-refractivity contribution in [2.75, 3.05) is 13.2 Å². The zero-order valence-electron chi connectivity index (χ0n) is 16.7. The summed E-state index contributed by atoms with van der Waals surface area (Å²) in [7, 11) is 0. The predicted molar refractivity (Wildman–Crippen MR) is 112 cm³/mol. The molecule has 1 aromatic heterocycles. The second-order valence-corrected chi connectivity index (χ2v) is 9.32.